The van der Waals surface area contributed by atoms with E-state index < -0.39 is 0 Å². The van der Waals surface area contributed by atoms with Gasteiger partial charge in [0.15, 0.2) is 0 Å². The molecule has 2 heterocycles. The molecule has 0 aliphatic carbocycles. The van der Waals surface area contributed by atoms with Crippen molar-refractivity contribution in [3.05, 3.63) is 132 Å². The molecule has 0 fully saturated rings. The predicted octanol–water partition coefficient (Wildman–Crippen LogP) is 11.7. The molecule has 0 aliphatic rings. The molecule has 0 saturated carbocycles. The van der Waals surface area contributed by atoms with Crippen LogP contribution in [0.5, 0.6) is 11.5 Å². The smallest absolute Gasteiger partial charge is 0.129 e. The molecule has 0 spiro atoms. The van der Waals surface area contributed by atoms with Gasteiger partial charge in [-0.3, -0.25) is 0 Å². The van der Waals surface area contributed by atoms with Gasteiger partial charge in [-0.15, -0.1) is 0 Å². The largest absolute Gasteiger partial charge is 0.457 e. The number of nitrogens with zero attached hydrogens (tertiary/aromatic N) is 4. The Kier molecular flexibility index (Phi) is 9.17. The first-order valence-electron chi connectivity index (χ1n) is 16.8. The first kappa shape index (κ1) is 32.1. The Bertz CT molecular complexity index is 1800. The lowest BCUT2D eigenvalue weighted by molar-refractivity contribution is 0.481. The Morgan fingerprint density at radius 2 is 0.809 bits per heavy atom. The van der Waals surface area contributed by atoms with Gasteiger partial charge >= 0.3 is 0 Å². The molecule has 0 unspecified atom stereocenters. The topological polar surface area (TPSA) is 44.9 Å². The summed E-state index contributed by atoms with van der Waals surface area (Å²) in [5.41, 5.74) is 12.1. The van der Waals surface area contributed by atoms with Crippen LogP contribution >= 0.6 is 0 Å². The van der Waals surface area contributed by atoms with E-state index in [9.17, 15) is 0 Å². The highest BCUT2D eigenvalue weighted by Gasteiger charge is 2.19. The van der Waals surface area contributed by atoms with Crippen molar-refractivity contribution in [1.82, 2.24) is 19.6 Å². The van der Waals surface area contributed by atoms with Gasteiger partial charge in [0, 0.05) is 35.7 Å². The van der Waals surface area contributed by atoms with Crippen molar-refractivity contribution < 1.29 is 4.74 Å². The zero-order valence-electron chi connectivity index (χ0n) is 28.9. The number of hydrogen-bond donors (Lipinski definition) is 0. The van der Waals surface area contributed by atoms with E-state index in [4.69, 9.17) is 14.9 Å². The molecule has 0 amide bonds. The average molecular weight is 623 g/mol. The summed E-state index contributed by atoms with van der Waals surface area (Å²) in [7, 11) is 0. The van der Waals surface area contributed by atoms with Gasteiger partial charge in [-0.1, -0.05) is 104 Å². The molecule has 5 nitrogen and oxygen atoms in total. The van der Waals surface area contributed by atoms with Crippen molar-refractivity contribution in [2.75, 3.05) is 0 Å². The molecule has 0 radical (unpaired) electrons. The predicted molar refractivity (Wildman–Crippen MR) is 194 cm³/mol. The van der Waals surface area contributed by atoms with Crippen molar-refractivity contribution in [1.29, 1.82) is 0 Å². The van der Waals surface area contributed by atoms with E-state index >= 15 is 0 Å². The van der Waals surface area contributed by atoms with Crippen LogP contribution in [0.1, 0.15) is 101 Å². The fourth-order valence-corrected chi connectivity index (χ4v) is 6.47. The summed E-state index contributed by atoms with van der Waals surface area (Å²) in [5.74, 6) is 3.16. The second kappa shape index (κ2) is 13.4. The second-order valence-corrected chi connectivity index (χ2v) is 13.7. The zero-order valence-corrected chi connectivity index (χ0v) is 28.9. The monoisotopic (exact) mass is 622 g/mol. The molecule has 0 N–H and O–H groups in total. The lowest BCUT2D eigenvalue weighted by atomic mass is 9.86. The molecular formula is C42H46N4O. The molecule has 0 atom stereocenters. The van der Waals surface area contributed by atoms with Gasteiger partial charge in [-0.2, -0.15) is 10.2 Å². The maximum absolute atomic E-state index is 6.41. The van der Waals surface area contributed by atoms with E-state index in [1.165, 1.54) is 33.4 Å². The van der Waals surface area contributed by atoms with E-state index in [1.54, 1.807) is 0 Å². The quantitative estimate of drug-likeness (QED) is 0.153. The summed E-state index contributed by atoms with van der Waals surface area (Å²) in [5, 5.41) is 9.55. The highest BCUT2D eigenvalue weighted by molar-refractivity contribution is 5.73. The molecular weight excluding hydrogens is 576 g/mol. The van der Waals surface area contributed by atoms with Crippen molar-refractivity contribution in [3.8, 4) is 45.1 Å². The first-order valence-corrected chi connectivity index (χ1v) is 16.8. The van der Waals surface area contributed by atoms with E-state index in [1.807, 2.05) is 58.2 Å². The minimum absolute atomic E-state index is 0.418. The Balaban J connectivity index is 1.26. The standard InChI is InChI=1S/C42H46N4O/c1-27(2)37-17-11-18-38(28(3)4)41(37)31-23-43-45(25-31)33-13-9-15-35(21-33)47-36-16-10-14-34(22-36)46-26-32(24-44-46)42-39(29(5)6)19-12-20-40(42)30(7)8/h9-30H,1-8H3. The fraction of sp³-hybridized carbons (Fsp3) is 0.286. The minimum Gasteiger partial charge on any atom is -0.457 e. The maximum atomic E-state index is 6.41. The molecule has 6 rings (SSSR count). The molecule has 47 heavy (non-hydrogen) atoms. The molecule has 0 bridgehead atoms. The number of rotatable bonds is 10. The molecule has 6 aromatic rings. The highest BCUT2D eigenvalue weighted by atomic mass is 16.5. The third-order valence-corrected chi connectivity index (χ3v) is 8.89. The van der Waals surface area contributed by atoms with Crippen molar-refractivity contribution >= 4 is 0 Å². The Morgan fingerprint density at radius 3 is 1.15 bits per heavy atom. The minimum atomic E-state index is 0.418. The highest BCUT2D eigenvalue weighted by Crippen LogP contribution is 2.38. The van der Waals surface area contributed by atoms with E-state index in [-0.39, 0.29) is 0 Å². The molecule has 2 aromatic heterocycles. The first-order chi connectivity index (χ1) is 22.6. The Morgan fingerprint density at radius 1 is 0.468 bits per heavy atom. The summed E-state index contributed by atoms with van der Waals surface area (Å²) in [6, 6.07) is 29.5. The zero-order chi connectivity index (χ0) is 33.2. The van der Waals surface area contributed by atoms with Gasteiger partial charge in [-0.05, 0) is 81.3 Å². The SMILES string of the molecule is CC(C)c1cccc(C(C)C)c1-c1cnn(-c2cccc(Oc3cccc(-n4cc(-c5c(C(C)C)cccc5C(C)C)cn4)c3)c2)c1. The van der Waals surface area contributed by atoms with Crippen LogP contribution in [0.4, 0.5) is 0 Å². The number of benzene rings is 4. The molecule has 0 aliphatic heterocycles. The van der Waals surface area contributed by atoms with Crippen LogP contribution in [0, 0.1) is 0 Å². The molecule has 5 heteroatoms. The van der Waals surface area contributed by atoms with E-state index in [0.717, 1.165) is 34.0 Å². The second-order valence-electron chi connectivity index (χ2n) is 13.7. The average Bonchev–Trinajstić information content (AvgIpc) is 3.75. The molecule has 4 aromatic carbocycles. The summed E-state index contributed by atoms with van der Waals surface area (Å²) in [6.07, 6.45) is 8.22. The van der Waals surface area contributed by atoms with Gasteiger partial charge in [0.25, 0.3) is 0 Å². The Hall–Kier alpha value is -4.90. The van der Waals surface area contributed by atoms with Gasteiger partial charge in [0.1, 0.15) is 11.5 Å². The number of ether oxygens (including phenoxy) is 1. The third-order valence-electron chi connectivity index (χ3n) is 8.89. The van der Waals surface area contributed by atoms with Crippen molar-refractivity contribution in [3.63, 3.8) is 0 Å². The van der Waals surface area contributed by atoms with Crippen LogP contribution in [-0.2, 0) is 0 Å². The summed E-state index contributed by atoms with van der Waals surface area (Å²) >= 11 is 0. The van der Waals surface area contributed by atoms with E-state index in [2.05, 4.69) is 116 Å². The van der Waals surface area contributed by atoms with Gasteiger partial charge in [-0.25, -0.2) is 9.36 Å². The fourth-order valence-electron chi connectivity index (χ4n) is 6.47. The van der Waals surface area contributed by atoms with E-state index in [0.29, 0.717) is 23.7 Å². The maximum Gasteiger partial charge on any atom is 0.129 e. The Labute approximate surface area is 279 Å². The summed E-state index contributed by atoms with van der Waals surface area (Å²) in [6.45, 7) is 18.0. The summed E-state index contributed by atoms with van der Waals surface area (Å²) in [4.78, 5) is 0. The third kappa shape index (κ3) is 6.66. The van der Waals surface area contributed by atoms with Crippen LogP contribution in [0.25, 0.3) is 33.6 Å². The van der Waals surface area contributed by atoms with Crippen LogP contribution in [0.2, 0.25) is 0 Å². The van der Waals surface area contributed by atoms with Crippen LogP contribution in [0.3, 0.4) is 0 Å². The lowest BCUT2D eigenvalue weighted by Gasteiger charge is -2.18. The molecule has 0 saturated heterocycles. The van der Waals surface area contributed by atoms with Crippen LogP contribution in [0.15, 0.2) is 110 Å². The summed E-state index contributed by atoms with van der Waals surface area (Å²) < 4.78 is 10.3. The van der Waals surface area contributed by atoms with Gasteiger partial charge in [0.05, 0.1) is 23.8 Å². The number of aromatic nitrogens is 4. The number of hydrogen-bond acceptors (Lipinski definition) is 3. The van der Waals surface area contributed by atoms with Crippen molar-refractivity contribution in [2.24, 2.45) is 0 Å². The van der Waals surface area contributed by atoms with Gasteiger partial charge in [0.2, 0.25) is 0 Å². The van der Waals surface area contributed by atoms with Crippen LogP contribution < -0.4 is 4.74 Å². The van der Waals surface area contributed by atoms with Gasteiger partial charge < -0.3 is 4.74 Å². The molecule has 240 valence electrons. The normalized spacial score (nSPS) is 11.7. The lowest BCUT2D eigenvalue weighted by Crippen LogP contribution is -1.99. The van der Waals surface area contributed by atoms with Crippen molar-refractivity contribution in [2.45, 2.75) is 79.1 Å². The van der Waals surface area contributed by atoms with Crippen LogP contribution in [-0.4, -0.2) is 19.6 Å².